The van der Waals surface area contributed by atoms with Crippen LogP contribution in [-0.2, 0) is 4.79 Å². The second kappa shape index (κ2) is 6.80. The molecule has 1 aromatic rings. The Balaban J connectivity index is 2.00. The first-order valence-electron chi connectivity index (χ1n) is 7.68. The smallest absolute Gasteiger partial charge is 0.226 e. The molecule has 1 saturated heterocycles. The second-order valence-corrected chi connectivity index (χ2v) is 6.95. The van der Waals surface area contributed by atoms with E-state index < -0.39 is 0 Å². The maximum absolute atomic E-state index is 12.6. The van der Waals surface area contributed by atoms with Crippen LogP contribution >= 0.6 is 11.6 Å². The van der Waals surface area contributed by atoms with Crippen molar-refractivity contribution in [2.24, 2.45) is 11.3 Å². The van der Waals surface area contributed by atoms with Crippen molar-refractivity contribution in [2.75, 3.05) is 13.1 Å². The highest BCUT2D eigenvalue weighted by Gasteiger charge is 2.37. The first-order valence-corrected chi connectivity index (χ1v) is 8.06. The first kappa shape index (κ1) is 16.3. The molecule has 1 fully saturated rings. The van der Waals surface area contributed by atoms with E-state index in [-0.39, 0.29) is 17.4 Å². The summed E-state index contributed by atoms with van der Waals surface area (Å²) in [5.41, 5.74) is 0.721. The molecule has 2 rings (SSSR count). The number of hydrogen-bond acceptors (Lipinski definition) is 2. The molecule has 2 unspecified atom stereocenters. The van der Waals surface area contributed by atoms with Gasteiger partial charge in [0.05, 0.1) is 6.04 Å². The number of benzene rings is 1. The summed E-state index contributed by atoms with van der Waals surface area (Å²) in [5.74, 6) is 0.516. The molecular weight excluding hydrogens is 284 g/mol. The van der Waals surface area contributed by atoms with E-state index >= 15 is 0 Å². The molecule has 21 heavy (non-hydrogen) atoms. The van der Waals surface area contributed by atoms with Gasteiger partial charge in [0.1, 0.15) is 0 Å². The summed E-state index contributed by atoms with van der Waals surface area (Å²) in [4.78, 5) is 12.6. The molecule has 116 valence electrons. The Bertz CT molecular complexity index is 478. The Labute approximate surface area is 132 Å². The van der Waals surface area contributed by atoms with Crippen LogP contribution in [0.15, 0.2) is 24.3 Å². The number of piperidine rings is 1. The van der Waals surface area contributed by atoms with Gasteiger partial charge in [-0.3, -0.25) is 4.79 Å². The van der Waals surface area contributed by atoms with E-state index in [1.54, 1.807) is 0 Å². The fraction of sp³-hybridized carbons (Fsp3) is 0.588. The molecule has 0 aromatic heterocycles. The number of halogens is 1. The van der Waals surface area contributed by atoms with E-state index in [0.717, 1.165) is 31.5 Å². The van der Waals surface area contributed by atoms with Crippen LogP contribution in [0, 0.1) is 11.3 Å². The third-order valence-electron chi connectivity index (χ3n) is 4.62. The van der Waals surface area contributed by atoms with E-state index in [1.165, 1.54) is 0 Å². The monoisotopic (exact) mass is 308 g/mol. The highest BCUT2D eigenvalue weighted by atomic mass is 35.5. The van der Waals surface area contributed by atoms with E-state index in [9.17, 15) is 4.79 Å². The molecule has 0 radical (unpaired) electrons. The van der Waals surface area contributed by atoms with Crippen LogP contribution in [0.5, 0.6) is 0 Å². The number of carbonyl (C=O) groups is 1. The molecule has 0 saturated carbocycles. The Morgan fingerprint density at radius 2 is 2.05 bits per heavy atom. The Morgan fingerprint density at radius 3 is 2.62 bits per heavy atom. The standard InChI is InChI=1S/C17H25ClN2O/c1-12(13-6-8-15(18)9-7-13)20-16(21)17(2,3)14-5-4-10-19-11-14/h6-9,12,14,19H,4-5,10-11H2,1-3H3,(H,20,21). The zero-order valence-electron chi connectivity index (χ0n) is 13.1. The van der Waals surface area contributed by atoms with Gasteiger partial charge in [-0.05, 0) is 56.5 Å². The molecule has 0 spiro atoms. The summed E-state index contributed by atoms with van der Waals surface area (Å²) < 4.78 is 0. The number of rotatable bonds is 4. The van der Waals surface area contributed by atoms with Gasteiger partial charge in [0.2, 0.25) is 5.91 Å². The minimum Gasteiger partial charge on any atom is -0.349 e. The van der Waals surface area contributed by atoms with Crippen LogP contribution in [0.25, 0.3) is 0 Å². The maximum atomic E-state index is 12.6. The maximum Gasteiger partial charge on any atom is 0.226 e. The highest BCUT2D eigenvalue weighted by Crippen LogP contribution is 2.32. The lowest BCUT2D eigenvalue weighted by Crippen LogP contribution is -2.47. The van der Waals surface area contributed by atoms with Crippen molar-refractivity contribution in [3.8, 4) is 0 Å². The third kappa shape index (κ3) is 3.98. The van der Waals surface area contributed by atoms with Crippen molar-refractivity contribution in [1.29, 1.82) is 0 Å². The van der Waals surface area contributed by atoms with Gasteiger partial charge in [0.15, 0.2) is 0 Å². The predicted octanol–water partition coefficient (Wildman–Crippen LogP) is 3.54. The van der Waals surface area contributed by atoms with Gasteiger partial charge in [0, 0.05) is 10.4 Å². The zero-order valence-corrected chi connectivity index (χ0v) is 13.8. The molecule has 2 atom stereocenters. The molecule has 1 aliphatic rings. The normalized spacial score (nSPS) is 20.9. The molecule has 1 aliphatic heterocycles. The molecule has 2 N–H and O–H groups in total. The minimum atomic E-state index is -0.353. The molecule has 1 amide bonds. The third-order valence-corrected chi connectivity index (χ3v) is 4.87. The van der Waals surface area contributed by atoms with E-state index in [0.29, 0.717) is 10.9 Å². The van der Waals surface area contributed by atoms with Crippen molar-refractivity contribution >= 4 is 17.5 Å². The van der Waals surface area contributed by atoms with Gasteiger partial charge < -0.3 is 10.6 Å². The van der Waals surface area contributed by atoms with Crippen molar-refractivity contribution in [1.82, 2.24) is 10.6 Å². The lowest BCUT2D eigenvalue weighted by atomic mass is 9.74. The molecule has 1 aromatic carbocycles. The summed E-state index contributed by atoms with van der Waals surface area (Å²) in [7, 11) is 0. The van der Waals surface area contributed by atoms with Gasteiger partial charge in [-0.1, -0.05) is 37.6 Å². The van der Waals surface area contributed by atoms with Gasteiger partial charge >= 0.3 is 0 Å². The largest absolute Gasteiger partial charge is 0.349 e. The van der Waals surface area contributed by atoms with Gasteiger partial charge in [-0.2, -0.15) is 0 Å². The molecule has 0 aliphatic carbocycles. The Morgan fingerprint density at radius 1 is 1.38 bits per heavy atom. The van der Waals surface area contributed by atoms with Crippen LogP contribution in [0.3, 0.4) is 0 Å². The lowest BCUT2D eigenvalue weighted by Gasteiger charge is -2.36. The summed E-state index contributed by atoms with van der Waals surface area (Å²) in [6, 6.07) is 7.63. The summed E-state index contributed by atoms with van der Waals surface area (Å²) >= 11 is 5.90. The van der Waals surface area contributed by atoms with Crippen molar-refractivity contribution in [3.05, 3.63) is 34.9 Å². The molecule has 1 heterocycles. The SMILES string of the molecule is CC(NC(=O)C(C)(C)C1CCCNC1)c1ccc(Cl)cc1. The van der Waals surface area contributed by atoms with E-state index in [1.807, 2.05) is 31.2 Å². The first-order chi connectivity index (χ1) is 9.91. The number of carbonyl (C=O) groups excluding carboxylic acids is 1. The summed E-state index contributed by atoms with van der Waals surface area (Å²) in [5, 5.41) is 7.25. The summed E-state index contributed by atoms with van der Waals surface area (Å²) in [6.07, 6.45) is 2.26. The average molecular weight is 309 g/mol. The van der Waals surface area contributed by atoms with Crippen LogP contribution < -0.4 is 10.6 Å². The van der Waals surface area contributed by atoms with Gasteiger partial charge in [-0.25, -0.2) is 0 Å². The number of amides is 1. The summed E-state index contributed by atoms with van der Waals surface area (Å²) in [6.45, 7) is 8.10. The Kier molecular flexibility index (Phi) is 5.28. The van der Waals surface area contributed by atoms with Crippen LogP contribution in [0.1, 0.15) is 45.2 Å². The minimum absolute atomic E-state index is 0.00871. The van der Waals surface area contributed by atoms with Crippen molar-refractivity contribution in [2.45, 2.75) is 39.7 Å². The van der Waals surface area contributed by atoms with Crippen molar-refractivity contribution < 1.29 is 4.79 Å². The van der Waals surface area contributed by atoms with E-state index in [2.05, 4.69) is 24.5 Å². The molecule has 4 heteroatoms. The quantitative estimate of drug-likeness (QED) is 0.893. The van der Waals surface area contributed by atoms with Gasteiger partial charge in [0.25, 0.3) is 0 Å². The predicted molar refractivity (Wildman–Crippen MR) is 87.4 cm³/mol. The van der Waals surface area contributed by atoms with Crippen LogP contribution in [0.4, 0.5) is 0 Å². The zero-order chi connectivity index (χ0) is 15.5. The number of hydrogen-bond donors (Lipinski definition) is 2. The van der Waals surface area contributed by atoms with Crippen LogP contribution in [0.2, 0.25) is 5.02 Å². The fourth-order valence-electron chi connectivity index (χ4n) is 2.87. The van der Waals surface area contributed by atoms with Gasteiger partial charge in [-0.15, -0.1) is 0 Å². The highest BCUT2D eigenvalue weighted by molar-refractivity contribution is 6.30. The average Bonchev–Trinajstić information content (AvgIpc) is 2.48. The molecular formula is C17H25ClN2O. The molecule has 0 bridgehead atoms. The Hall–Kier alpha value is -1.06. The van der Waals surface area contributed by atoms with E-state index in [4.69, 9.17) is 11.6 Å². The molecule has 3 nitrogen and oxygen atoms in total. The fourth-order valence-corrected chi connectivity index (χ4v) is 3.00. The second-order valence-electron chi connectivity index (χ2n) is 6.51. The van der Waals surface area contributed by atoms with Crippen molar-refractivity contribution in [3.63, 3.8) is 0 Å². The topological polar surface area (TPSA) is 41.1 Å². The number of nitrogens with one attached hydrogen (secondary N) is 2. The lowest BCUT2D eigenvalue weighted by molar-refractivity contribution is -0.133. The van der Waals surface area contributed by atoms with Crippen LogP contribution in [-0.4, -0.2) is 19.0 Å².